The van der Waals surface area contributed by atoms with Crippen molar-refractivity contribution >= 4 is 0 Å². The lowest BCUT2D eigenvalue weighted by molar-refractivity contribution is -0.00934. The van der Waals surface area contributed by atoms with Crippen molar-refractivity contribution in [2.75, 3.05) is 19.8 Å². The molecule has 1 saturated heterocycles. The van der Waals surface area contributed by atoms with E-state index >= 15 is 0 Å². The molecule has 0 amide bonds. The zero-order valence-electron chi connectivity index (χ0n) is 15.3. The quantitative estimate of drug-likeness (QED) is 0.858. The van der Waals surface area contributed by atoms with Crippen molar-refractivity contribution in [3.05, 3.63) is 35.4 Å². The summed E-state index contributed by atoms with van der Waals surface area (Å²) in [6.45, 7) is 7.36. The number of ether oxygens (including phenoxy) is 1. The van der Waals surface area contributed by atoms with Gasteiger partial charge in [0.1, 0.15) is 0 Å². The van der Waals surface area contributed by atoms with Crippen LogP contribution in [-0.4, -0.2) is 30.9 Å². The van der Waals surface area contributed by atoms with Gasteiger partial charge in [-0.2, -0.15) is 0 Å². The summed E-state index contributed by atoms with van der Waals surface area (Å²) in [6, 6.07) is 9.17. The van der Waals surface area contributed by atoms with Crippen LogP contribution in [0.4, 0.5) is 0 Å². The van der Waals surface area contributed by atoms with Gasteiger partial charge in [-0.3, -0.25) is 0 Å². The molecule has 0 aromatic heterocycles. The summed E-state index contributed by atoms with van der Waals surface area (Å²) in [5, 5.41) is 14.8. The average Bonchev–Trinajstić information content (AvgIpc) is 2.62. The summed E-state index contributed by atoms with van der Waals surface area (Å²) in [4.78, 5) is 0. The normalized spacial score (nSPS) is 29.1. The van der Waals surface area contributed by atoms with Gasteiger partial charge < -0.3 is 15.2 Å². The Morgan fingerprint density at radius 3 is 2.29 bits per heavy atom. The summed E-state index contributed by atoms with van der Waals surface area (Å²) >= 11 is 0. The van der Waals surface area contributed by atoms with E-state index in [9.17, 15) is 5.11 Å². The van der Waals surface area contributed by atoms with Gasteiger partial charge in [-0.25, -0.2) is 0 Å². The van der Waals surface area contributed by atoms with E-state index in [0.717, 1.165) is 56.9 Å². The van der Waals surface area contributed by atoms with Gasteiger partial charge in [0.2, 0.25) is 0 Å². The maximum absolute atomic E-state index is 11.1. The van der Waals surface area contributed by atoms with Crippen molar-refractivity contribution in [1.82, 2.24) is 5.32 Å². The number of aliphatic hydroxyl groups is 1. The summed E-state index contributed by atoms with van der Waals surface area (Å²) in [5.74, 6) is 1.31. The second kappa shape index (κ2) is 7.99. The van der Waals surface area contributed by atoms with Crippen LogP contribution in [0.1, 0.15) is 69.4 Å². The van der Waals surface area contributed by atoms with E-state index < -0.39 is 5.60 Å². The predicted molar refractivity (Wildman–Crippen MR) is 98.2 cm³/mol. The van der Waals surface area contributed by atoms with Crippen LogP contribution in [0.15, 0.2) is 24.3 Å². The molecule has 1 saturated carbocycles. The number of hydrogen-bond acceptors (Lipinski definition) is 3. The molecule has 0 radical (unpaired) electrons. The highest BCUT2D eigenvalue weighted by molar-refractivity contribution is 5.29. The van der Waals surface area contributed by atoms with Gasteiger partial charge in [-0.15, -0.1) is 0 Å². The first-order valence-corrected chi connectivity index (χ1v) is 9.71. The largest absolute Gasteiger partial charge is 0.385 e. The molecule has 0 unspecified atom stereocenters. The SMILES string of the molecule is CC(C)c1ccc(C2(O)CCC(NCC3CCOCC3)CC2)cc1. The summed E-state index contributed by atoms with van der Waals surface area (Å²) in [6.07, 6.45) is 6.22. The standard InChI is InChI=1S/C21H33NO2/c1-16(2)18-3-5-19(6-4-18)21(23)11-7-20(8-12-21)22-15-17-9-13-24-14-10-17/h3-6,16-17,20,22-23H,7-15H2,1-2H3. The smallest absolute Gasteiger partial charge is 0.0897 e. The third kappa shape index (κ3) is 4.38. The Morgan fingerprint density at radius 2 is 1.71 bits per heavy atom. The molecule has 0 spiro atoms. The van der Waals surface area contributed by atoms with Gasteiger partial charge in [0.25, 0.3) is 0 Å². The fraction of sp³-hybridized carbons (Fsp3) is 0.714. The molecular formula is C21H33NO2. The summed E-state index contributed by atoms with van der Waals surface area (Å²) in [7, 11) is 0. The lowest BCUT2D eigenvalue weighted by atomic mass is 9.77. The van der Waals surface area contributed by atoms with E-state index in [1.165, 1.54) is 18.4 Å². The van der Waals surface area contributed by atoms with Crippen LogP contribution in [0.25, 0.3) is 0 Å². The van der Waals surface area contributed by atoms with Crippen molar-refractivity contribution < 1.29 is 9.84 Å². The van der Waals surface area contributed by atoms with Gasteiger partial charge in [0, 0.05) is 19.3 Å². The summed E-state index contributed by atoms with van der Waals surface area (Å²) < 4.78 is 5.43. The van der Waals surface area contributed by atoms with Crippen molar-refractivity contribution in [2.45, 2.75) is 69.9 Å². The molecule has 1 aromatic carbocycles. The molecule has 0 atom stereocenters. The second-order valence-electron chi connectivity index (χ2n) is 8.05. The Balaban J connectivity index is 1.49. The van der Waals surface area contributed by atoms with Gasteiger partial charge in [-0.05, 0) is 68.0 Å². The molecule has 0 bridgehead atoms. The molecule has 2 fully saturated rings. The van der Waals surface area contributed by atoms with Crippen LogP contribution in [-0.2, 0) is 10.3 Å². The molecule has 3 rings (SSSR count). The van der Waals surface area contributed by atoms with E-state index in [-0.39, 0.29) is 0 Å². The summed E-state index contributed by atoms with van der Waals surface area (Å²) in [5.41, 5.74) is 1.80. The van der Waals surface area contributed by atoms with Crippen LogP contribution < -0.4 is 5.32 Å². The highest BCUT2D eigenvalue weighted by Crippen LogP contribution is 2.37. The topological polar surface area (TPSA) is 41.5 Å². The maximum Gasteiger partial charge on any atom is 0.0897 e. The Hall–Kier alpha value is -0.900. The lowest BCUT2D eigenvalue weighted by Crippen LogP contribution is -2.42. The van der Waals surface area contributed by atoms with E-state index in [1.54, 1.807) is 0 Å². The first-order chi connectivity index (χ1) is 11.6. The predicted octanol–water partition coefficient (Wildman–Crippen LogP) is 3.96. The van der Waals surface area contributed by atoms with Gasteiger partial charge in [0.05, 0.1) is 5.60 Å². The molecule has 2 aliphatic rings. The number of rotatable bonds is 5. The van der Waals surface area contributed by atoms with Crippen LogP contribution in [0, 0.1) is 5.92 Å². The van der Waals surface area contributed by atoms with Crippen molar-refractivity contribution in [3.8, 4) is 0 Å². The Morgan fingerprint density at radius 1 is 1.08 bits per heavy atom. The molecule has 1 aliphatic carbocycles. The molecule has 134 valence electrons. The molecule has 24 heavy (non-hydrogen) atoms. The zero-order chi connectivity index (χ0) is 17.0. The van der Waals surface area contributed by atoms with Crippen molar-refractivity contribution in [1.29, 1.82) is 0 Å². The van der Waals surface area contributed by atoms with Gasteiger partial charge in [-0.1, -0.05) is 38.1 Å². The Bertz CT molecular complexity index is 497. The van der Waals surface area contributed by atoms with E-state index in [4.69, 9.17) is 4.74 Å². The molecule has 1 aliphatic heterocycles. The van der Waals surface area contributed by atoms with Crippen LogP contribution in [0.3, 0.4) is 0 Å². The first-order valence-electron chi connectivity index (χ1n) is 9.71. The molecule has 2 N–H and O–H groups in total. The fourth-order valence-corrected chi connectivity index (χ4v) is 4.05. The van der Waals surface area contributed by atoms with Crippen LogP contribution >= 0.6 is 0 Å². The van der Waals surface area contributed by atoms with Gasteiger partial charge >= 0.3 is 0 Å². The Kier molecular flexibility index (Phi) is 5.96. The zero-order valence-corrected chi connectivity index (χ0v) is 15.3. The Labute approximate surface area is 146 Å². The number of hydrogen-bond donors (Lipinski definition) is 2. The van der Waals surface area contributed by atoms with Crippen LogP contribution in [0.5, 0.6) is 0 Å². The third-order valence-corrected chi connectivity index (χ3v) is 5.96. The second-order valence-corrected chi connectivity index (χ2v) is 8.05. The fourth-order valence-electron chi connectivity index (χ4n) is 4.05. The maximum atomic E-state index is 11.1. The molecule has 1 heterocycles. The number of benzene rings is 1. The van der Waals surface area contributed by atoms with E-state index in [2.05, 4.69) is 43.4 Å². The molecule has 1 aromatic rings. The van der Waals surface area contributed by atoms with E-state index in [0.29, 0.717) is 12.0 Å². The first kappa shape index (κ1) is 17.9. The minimum absolute atomic E-state index is 0.541. The minimum Gasteiger partial charge on any atom is -0.385 e. The molecule has 3 heteroatoms. The van der Waals surface area contributed by atoms with Gasteiger partial charge in [0.15, 0.2) is 0 Å². The highest BCUT2D eigenvalue weighted by atomic mass is 16.5. The van der Waals surface area contributed by atoms with E-state index in [1.807, 2.05) is 0 Å². The van der Waals surface area contributed by atoms with Crippen LogP contribution in [0.2, 0.25) is 0 Å². The van der Waals surface area contributed by atoms with Crippen molar-refractivity contribution in [3.63, 3.8) is 0 Å². The monoisotopic (exact) mass is 331 g/mol. The highest BCUT2D eigenvalue weighted by Gasteiger charge is 2.34. The molecular weight excluding hydrogens is 298 g/mol. The minimum atomic E-state index is -0.633. The number of nitrogens with one attached hydrogen (secondary N) is 1. The van der Waals surface area contributed by atoms with Crippen molar-refractivity contribution in [2.24, 2.45) is 5.92 Å². The third-order valence-electron chi connectivity index (χ3n) is 5.96. The molecule has 3 nitrogen and oxygen atoms in total. The average molecular weight is 332 g/mol. The lowest BCUT2D eigenvalue weighted by Gasteiger charge is -2.37.